The summed E-state index contributed by atoms with van der Waals surface area (Å²) in [6.07, 6.45) is 3.22. The van der Waals surface area contributed by atoms with Gasteiger partial charge in [-0.1, -0.05) is 0 Å². The number of halogens is 1. The smallest absolute Gasteiger partial charge is 0.212 e. The lowest BCUT2D eigenvalue weighted by Gasteiger charge is -2.15. The largest absolute Gasteiger partial charge is 0.376 e. The molecule has 0 bridgehead atoms. The molecule has 0 aliphatic carbocycles. The minimum Gasteiger partial charge on any atom is -0.376 e. The quantitative estimate of drug-likeness (QED) is 0.806. The molecule has 1 unspecified atom stereocenters. The molecule has 2 rings (SSSR count). The minimum atomic E-state index is -0.473. The molecule has 4 nitrogen and oxygen atoms in total. The second-order valence-corrected chi connectivity index (χ2v) is 3.62. The van der Waals surface area contributed by atoms with Crippen LogP contribution < -0.4 is 5.32 Å². The van der Waals surface area contributed by atoms with Crippen LogP contribution in [0.2, 0.25) is 0 Å². The lowest BCUT2D eigenvalue weighted by molar-refractivity contribution is 0.583. The molecule has 2 aromatic rings. The zero-order valence-corrected chi connectivity index (χ0v) is 9.18. The molecular weight excluding hydrogens is 207 g/mol. The fraction of sp³-hybridized carbons (Fsp3) is 0.273. The lowest BCUT2D eigenvalue weighted by atomic mass is 10.2. The summed E-state index contributed by atoms with van der Waals surface area (Å²) in [5, 5.41) is 7.32. The molecule has 2 aromatic heterocycles. The predicted octanol–water partition coefficient (Wildman–Crippen LogP) is 2.13. The van der Waals surface area contributed by atoms with Crippen molar-refractivity contribution >= 4 is 5.69 Å². The van der Waals surface area contributed by atoms with E-state index >= 15 is 0 Å². The van der Waals surface area contributed by atoms with E-state index in [2.05, 4.69) is 15.4 Å². The minimum absolute atomic E-state index is 0.0970. The van der Waals surface area contributed by atoms with Crippen LogP contribution in [0.5, 0.6) is 0 Å². The van der Waals surface area contributed by atoms with Crippen LogP contribution >= 0.6 is 0 Å². The third-order valence-corrected chi connectivity index (χ3v) is 2.41. The topological polar surface area (TPSA) is 42.7 Å². The van der Waals surface area contributed by atoms with Crippen molar-refractivity contribution in [2.24, 2.45) is 7.05 Å². The third-order valence-electron chi connectivity index (χ3n) is 2.41. The molecule has 0 fully saturated rings. The normalized spacial score (nSPS) is 12.4. The van der Waals surface area contributed by atoms with E-state index in [1.165, 1.54) is 12.3 Å². The highest BCUT2D eigenvalue weighted by Crippen LogP contribution is 2.17. The molecule has 0 aliphatic rings. The Labute approximate surface area is 93.1 Å². The van der Waals surface area contributed by atoms with E-state index < -0.39 is 5.95 Å². The van der Waals surface area contributed by atoms with Gasteiger partial charge in [-0.2, -0.15) is 9.49 Å². The summed E-state index contributed by atoms with van der Waals surface area (Å²) in [6, 6.07) is 5.03. The molecular formula is C11H13FN4. The summed E-state index contributed by atoms with van der Waals surface area (Å²) in [5.74, 6) is -0.473. The van der Waals surface area contributed by atoms with Crippen molar-refractivity contribution < 1.29 is 4.39 Å². The molecule has 2 heterocycles. The zero-order chi connectivity index (χ0) is 11.5. The Balaban J connectivity index is 2.10. The van der Waals surface area contributed by atoms with E-state index in [0.29, 0.717) is 0 Å². The van der Waals surface area contributed by atoms with Gasteiger partial charge in [0.1, 0.15) is 0 Å². The number of nitrogens with zero attached hydrogens (tertiary/aromatic N) is 3. The van der Waals surface area contributed by atoms with Gasteiger partial charge in [0.2, 0.25) is 5.95 Å². The number of pyridine rings is 1. The van der Waals surface area contributed by atoms with Crippen molar-refractivity contribution in [1.29, 1.82) is 0 Å². The molecule has 0 saturated carbocycles. The summed E-state index contributed by atoms with van der Waals surface area (Å²) in [5.41, 5.74) is 1.85. The number of aromatic nitrogens is 3. The van der Waals surface area contributed by atoms with Crippen molar-refractivity contribution in [2.75, 3.05) is 5.32 Å². The Morgan fingerprint density at radius 2 is 2.19 bits per heavy atom. The highest BCUT2D eigenvalue weighted by atomic mass is 19.1. The third kappa shape index (κ3) is 2.18. The van der Waals surface area contributed by atoms with E-state index in [-0.39, 0.29) is 6.04 Å². The van der Waals surface area contributed by atoms with Crippen LogP contribution in [0.1, 0.15) is 18.7 Å². The number of hydrogen-bond acceptors (Lipinski definition) is 3. The first-order valence-corrected chi connectivity index (χ1v) is 5.03. The van der Waals surface area contributed by atoms with Crippen molar-refractivity contribution in [2.45, 2.75) is 13.0 Å². The second kappa shape index (κ2) is 4.30. The average molecular weight is 220 g/mol. The van der Waals surface area contributed by atoms with Crippen molar-refractivity contribution in [3.05, 3.63) is 42.2 Å². The first-order valence-electron chi connectivity index (χ1n) is 5.03. The summed E-state index contributed by atoms with van der Waals surface area (Å²) >= 11 is 0. The molecule has 0 amide bonds. The number of rotatable bonds is 3. The standard InChI is InChI=1S/C11H13FN4/c1-8(10-5-6-14-16(10)2)15-9-3-4-11(12)13-7-9/h3-8,15H,1-2H3. The number of aryl methyl sites for hydroxylation is 1. The van der Waals surface area contributed by atoms with Gasteiger partial charge in [0.05, 0.1) is 23.6 Å². The molecule has 1 atom stereocenters. The van der Waals surface area contributed by atoms with Gasteiger partial charge >= 0.3 is 0 Å². The Kier molecular flexibility index (Phi) is 2.85. The molecule has 0 aliphatic heterocycles. The SMILES string of the molecule is CC(Nc1ccc(F)nc1)c1ccnn1C. The Morgan fingerprint density at radius 3 is 2.75 bits per heavy atom. The van der Waals surface area contributed by atoms with Gasteiger partial charge in [-0.25, -0.2) is 4.98 Å². The van der Waals surface area contributed by atoms with Gasteiger partial charge in [0.25, 0.3) is 0 Å². The number of nitrogens with one attached hydrogen (secondary N) is 1. The molecule has 0 aromatic carbocycles. The van der Waals surface area contributed by atoms with E-state index in [0.717, 1.165) is 11.4 Å². The van der Waals surface area contributed by atoms with Gasteiger partial charge in [-0.05, 0) is 25.1 Å². The van der Waals surface area contributed by atoms with Crippen LogP contribution in [0.15, 0.2) is 30.6 Å². The van der Waals surface area contributed by atoms with Crippen LogP contribution in [0, 0.1) is 5.95 Å². The fourth-order valence-corrected chi connectivity index (χ4v) is 1.59. The average Bonchev–Trinajstić information content (AvgIpc) is 2.68. The van der Waals surface area contributed by atoms with Gasteiger partial charge in [0.15, 0.2) is 0 Å². The molecule has 1 N–H and O–H groups in total. The van der Waals surface area contributed by atoms with Crippen LogP contribution in [0.25, 0.3) is 0 Å². The highest BCUT2D eigenvalue weighted by Gasteiger charge is 2.08. The molecule has 0 spiro atoms. The first kappa shape index (κ1) is 10.6. The van der Waals surface area contributed by atoms with Crippen LogP contribution in [-0.2, 0) is 7.05 Å². The molecule has 84 valence electrons. The van der Waals surface area contributed by atoms with Crippen molar-refractivity contribution in [3.63, 3.8) is 0 Å². The predicted molar refractivity (Wildman–Crippen MR) is 59.4 cm³/mol. The Bertz CT molecular complexity index is 463. The monoisotopic (exact) mass is 220 g/mol. The van der Waals surface area contributed by atoms with Crippen molar-refractivity contribution in [3.8, 4) is 0 Å². The lowest BCUT2D eigenvalue weighted by Crippen LogP contribution is -2.11. The van der Waals surface area contributed by atoms with Crippen LogP contribution in [0.4, 0.5) is 10.1 Å². The van der Waals surface area contributed by atoms with E-state index in [1.54, 1.807) is 16.9 Å². The highest BCUT2D eigenvalue weighted by molar-refractivity contribution is 5.41. The van der Waals surface area contributed by atoms with Gasteiger partial charge < -0.3 is 5.32 Å². The van der Waals surface area contributed by atoms with Crippen molar-refractivity contribution in [1.82, 2.24) is 14.8 Å². The van der Waals surface area contributed by atoms with Crippen LogP contribution in [0.3, 0.4) is 0 Å². The van der Waals surface area contributed by atoms with E-state index in [4.69, 9.17) is 0 Å². The van der Waals surface area contributed by atoms with E-state index in [9.17, 15) is 4.39 Å². The summed E-state index contributed by atoms with van der Waals surface area (Å²) in [4.78, 5) is 3.58. The summed E-state index contributed by atoms with van der Waals surface area (Å²) in [7, 11) is 1.89. The maximum Gasteiger partial charge on any atom is 0.212 e. The Hall–Kier alpha value is -1.91. The zero-order valence-electron chi connectivity index (χ0n) is 9.18. The maximum atomic E-state index is 12.6. The molecule has 16 heavy (non-hydrogen) atoms. The van der Waals surface area contributed by atoms with Crippen LogP contribution in [-0.4, -0.2) is 14.8 Å². The van der Waals surface area contributed by atoms with Gasteiger partial charge in [-0.3, -0.25) is 4.68 Å². The summed E-state index contributed by atoms with van der Waals surface area (Å²) < 4.78 is 14.4. The fourth-order valence-electron chi connectivity index (χ4n) is 1.59. The molecule has 5 heteroatoms. The van der Waals surface area contributed by atoms with E-state index in [1.807, 2.05) is 20.0 Å². The molecule has 0 saturated heterocycles. The maximum absolute atomic E-state index is 12.6. The first-order chi connectivity index (χ1) is 7.66. The number of anilines is 1. The van der Waals surface area contributed by atoms with Gasteiger partial charge in [0, 0.05) is 13.2 Å². The van der Waals surface area contributed by atoms with Gasteiger partial charge in [-0.15, -0.1) is 0 Å². The second-order valence-electron chi connectivity index (χ2n) is 3.62. The summed E-state index contributed by atoms with van der Waals surface area (Å²) in [6.45, 7) is 2.01. The molecule has 0 radical (unpaired) electrons. The number of hydrogen-bond donors (Lipinski definition) is 1. The Morgan fingerprint density at radius 1 is 1.38 bits per heavy atom.